The number of unbranched alkanes of at least 4 members (excludes halogenated alkanes) is 1. The molecule has 2 aromatic heterocycles. The number of benzene rings is 4. The van der Waals surface area contributed by atoms with Gasteiger partial charge < -0.3 is 9.47 Å². The monoisotopic (exact) mass is 580 g/mol. The number of fused-ring (bicyclic) bond motifs is 6. The first-order chi connectivity index (χ1) is 21.6. The molecule has 6 aromatic rings. The van der Waals surface area contributed by atoms with Crippen molar-refractivity contribution in [2.75, 3.05) is 22.9 Å². The van der Waals surface area contributed by atoms with Crippen molar-refractivity contribution in [1.82, 2.24) is 19.9 Å². The van der Waals surface area contributed by atoms with Gasteiger partial charge in [-0.3, -0.25) is 19.4 Å². The van der Waals surface area contributed by atoms with Crippen molar-refractivity contribution in [1.29, 1.82) is 0 Å². The van der Waals surface area contributed by atoms with Gasteiger partial charge in [0, 0.05) is 13.1 Å². The smallest absolute Gasteiger partial charge is 0.264 e. The number of anilines is 2. The second kappa shape index (κ2) is 10.4. The van der Waals surface area contributed by atoms with Crippen LogP contribution in [0.2, 0.25) is 0 Å². The van der Waals surface area contributed by atoms with Crippen molar-refractivity contribution in [2.45, 2.75) is 12.8 Å². The van der Waals surface area contributed by atoms with E-state index in [1.54, 1.807) is 46.2 Å². The number of carbonyl (C=O) groups is 2. The topological polar surface area (TPSA) is 111 Å². The molecule has 0 aliphatic carbocycles. The van der Waals surface area contributed by atoms with Gasteiger partial charge in [-0.15, -0.1) is 0 Å². The summed E-state index contributed by atoms with van der Waals surface area (Å²) in [6, 6.07) is 29.2. The molecular formula is C34H24N6O4. The molecule has 4 heterocycles. The molecule has 0 atom stereocenters. The van der Waals surface area contributed by atoms with Crippen LogP contribution in [-0.4, -0.2) is 44.8 Å². The summed E-state index contributed by atoms with van der Waals surface area (Å²) in [6.45, 7) is 0.670. The summed E-state index contributed by atoms with van der Waals surface area (Å²) >= 11 is 0. The third-order valence-electron chi connectivity index (χ3n) is 7.71. The SMILES string of the molecule is O=C1c2ccccc2Oc2nc3ccccc3nc2N1CCCCN1C(=O)c2ccccc2Oc2nc3ccccc3nc21. The number of hydrogen-bond donors (Lipinski definition) is 0. The molecule has 8 rings (SSSR count). The van der Waals surface area contributed by atoms with Crippen LogP contribution in [0.3, 0.4) is 0 Å². The van der Waals surface area contributed by atoms with Gasteiger partial charge in [0.05, 0.1) is 33.2 Å². The van der Waals surface area contributed by atoms with E-state index in [0.29, 0.717) is 82.3 Å². The van der Waals surface area contributed by atoms with Gasteiger partial charge in [-0.1, -0.05) is 48.5 Å². The maximum Gasteiger partial charge on any atom is 0.264 e. The van der Waals surface area contributed by atoms with E-state index in [9.17, 15) is 9.59 Å². The zero-order chi connectivity index (χ0) is 29.6. The average Bonchev–Trinajstić information content (AvgIpc) is 3.24. The van der Waals surface area contributed by atoms with Crippen LogP contribution in [0.1, 0.15) is 33.6 Å². The quantitative estimate of drug-likeness (QED) is 0.211. The van der Waals surface area contributed by atoms with Crippen LogP contribution in [0.25, 0.3) is 22.1 Å². The zero-order valence-electron chi connectivity index (χ0n) is 23.4. The summed E-state index contributed by atoms with van der Waals surface area (Å²) in [6.07, 6.45) is 1.12. The van der Waals surface area contributed by atoms with Gasteiger partial charge in [0.1, 0.15) is 11.5 Å². The number of ether oxygens (including phenoxy) is 2. The maximum atomic E-state index is 13.8. The van der Waals surface area contributed by atoms with Gasteiger partial charge in [-0.05, 0) is 61.4 Å². The molecule has 4 aromatic carbocycles. The minimum Gasteiger partial charge on any atom is -0.435 e. The number of nitrogens with zero attached hydrogens (tertiary/aromatic N) is 6. The predicted octanol–water partition coefficient (Wildman–Crippen LogP) is 6.56. The molecular weight excluding hydrogens is 556 g/mol. The molecule has 0 bridgehead atoms. The Morgan fingerprint density at radius 1 is 0.477 bits per heavy atom. The normalized spacial score (nSPS) is 13.7. The fraction of sp³-hybridized carbons (Fsp3) is 0.118. The van der Waals surface area contributed by atoms with Gasteiger partial charge in [0.15, 0.2) is 11.6 Å². The first-order valence-electron chi connectivity index (χ1n) is 14.3. The van der Waals surface area contributed by atoms with Crippen LogP contribution in [-0.2, 0) is 0 Å². The Morgan fingerprint density at radius 3 is 1.27 bits per heavy atom. The highest BCUT2D eigenvalue weighted by Crippen LogP contribution is 2.39. The molecule has 0 saturated heterocycles. The molecule has 2 aliphatic heterocycles. The lowest BCUT2D eigenvalue weighted by Gasteiger charge is -2.23. The molecule has 0 radical (unpaired) electrons. The van der Waals surface area contributed by atoms with Gasteiger partial charge >= 0.3 is 0 Å². The molecule has 10 heteroatoms. The number of para-hydroxylation sites is 6. The summed E-state index contributed by atoms with van der Waals surface area (Å²) in [5, 5.41) is 0. The van der Waals surface area contributed by atoms with E-state index in [2.05, 4.69) is 0 Å². The molecule has 44 heavy (non-hydrogen) atoms. The average molecular weight is 581 g/mol. The van der Waals surface area contributed by atoms with E-state index in [0.717, 1.165) is 0 Å². The maximum absolute atomic E-state index is 13.8. The van der Waals surface area contributed by atoms with E-state index in [1.165, 1.54) is 0 Å². The summed E-state index contributed by atoms with van der Waals surface area (Å²) < 4.78 is 12.3. The Labute approximate surface area is 251 Å². The van der Waals surface area contributed by atoms with Gasteiger partial charge in [-0.25, -0.2) is 19.9 Å². The Morgan fingerprint density at radius 2 is 0.841 bits per heavy atom. The highest BCUT2D eigenvalue weighted by atomic mass is 16.5. The standard InChI is InChI=1S/C34H24N6O4/c41-33-21-11-1-7-17-27(21)43-31-29(35-23-13-3-5-15-25(23)37-31)39(33)19-9-10-20-40-30-32(38-26-16-6-4-14-24(26)36-30)44-28-18-8-2-12-22(28)34(40)42/h1-8,11-18H,9-10,19-20H2. The lowest BCUT2D eigenvalue weighted by Crippen LogP contribution is -2.34. The first kappa shape index (κ1) is 25.8. The number of carbonyl (C=O) groups excluding carboxylic acids is 2. The van der Waals surface area contributed by atoms with Crippen LogP contribution >= 0.6 is 0 Å². The van der Waals surface area contributed by atoms with Gasteiger partial charge in [-0.2, -0.15) is 0 Å². The van der Waals surface area contributed by atoms with Crippen molar-refractivity contribution in [3.05, 3.63) is 108 Å². The highest BCUT2D eigenvalue weighted by molar-refractivity contribution is 6.10. The minimum atomic E-state index is -0.222. The van der Waals surface area contributed by atoms with Crippen LogP contribution in [0, 0.1) is 0 Å². The van der Waals surface area contributed by atoms with Gasteiger partial charge in [0.25, 0.3) is 23.6 Å². The van der Waals surface area contributed by atoms with Gasteiger partial charge in [0.2, 0.25) is 0 Å². The van der Waals surface area contributed by atoms with Crippen molar-refractivity contribution >= 4 is 45.5 Å². The van der Waals surface area contributed by atoms with E-state index in [-0.39, 0.29) is 23.6 Å². The number of aromatic nitrogens is 4. The Bertz CT molecular complexity index is 1970. The Kier molecular flexibility index (Phi) is 6.11. The summed E-state index contributed by atoms with van der Waals surface area (Å²) in [4.78, 5) is 49.9. The molecule has 0 spiro atoms. The van der Waals surface area contributed by atoms with Crippen molar-refractivity contribution in [3.63, 3.8) is 0 Å². The van der Waals surface area contributed by atoms with E-state index in [1.807, 2.05) is 60.7 Å². The number of rotatable bonds is 5. The second-order valence-electron chi connectivity index (χ2n) is 10.5. The molecule has 214 valence electrons. The number of hydrogen-bond acceptors (Lipinski definition) is 8. The minimum absolute atomic E-state index is 0.222. The Balaban J connectivity index is 1.10. The molecule has 2 amide bonds. The zero-order valence-corrected chi connectivity index (χ0v) is 23.4. The van der Waals surface area contributed by atoms with E-state index >= 15 is 0 Å². The van der Waals surface area contributed by atoms with Crippen LogP contribution in [0.15, 0.2) is 97.1 Å². The van der Waals surface area contributed by atoms with Crippen molar-refractivity contribution < 1.29 is 19.1 Å². The van der Waals surface area contributed by atoms with Crippen LogP contribution in [0.5, 0.6) is 23.3 Å². The number of amides is 2. The third kappa shape index (κ3) is 4.35. The Hall–Kier alpha value is -5.90. The molecule has 0 saturated carbocycles. The van der Waals surface area contributed by atoms with Crippen molar-refractivity contribution in [2.24, 2.45) is 0 Å². The molecule has 0 N–H and O–H groups in total. The van der Waals surface area contributed by atoms with Crippen LogP contribution in [0.4, 0.5) is 11.6 Å². The lowest BCUT2D eigenvalue weighted by molar-refractivity contribution is 0.0974. The predicted molar refractivity (Wildman–Crippen MR) is 165 cm³/mol. The van der Waals surface area contributed by atoms with Crippen molar-refractivity contribution in [3.8, 4) is 23.3 Å². The summed E-state index contributed by atoms with van der Waals surface area (Å²) in [5.41, 5.74) is 3.54. The molecule has 10 nitrogen and oxygen atoms in total. The summed E-state index contributed by atoms with van der Waals surface area (Å²) in [7, 11) is 0. The second-order valence-corrected chi connectivity index (χ2v) is 10.5. The van der Waals surface area contributed by atoms with E-state index in [4.69, 9.17) is 29.4 Å². The molecule has 2 aliphatic rings. The van der Waals surface area contributed by atoms with Crippen LogP contribution < -0.4 is 19.3 Å². The first-order valence-corrected chi connectivity index (χ1v) is 14.3. The molecule has 0 unspecified atom stereocenters. The fourth-order valence-corrected chi connectivity index (χ4v) is 5.55. The van der Waals surface area contributed by atoms with E-state index < -0.39 is 0 Å². The largest absolute Gasteiger partial charge is 0.435 e. The molecule has 0 fully saturated rings. The fourth-order valence-electron chi connectivity index (χ4n) is 5.55. The lowest BCUT2D eigenvalue weighted by atomic mass is 10.1. The third-order valence-corrected chi connectivity index (χ3v) is 7.71. The highest BCUT2D eigenvalue weighted by Gasteiger charge is 2.32. The summed E-state index contributed by atoms with van der Waals surface area (Å²) in [5.74, 6) is 1.69.